The van der Waals surface area contributed by atoms with E-state index in [1.807, 2.05) is 44.2 Å². The molecule has 33 heavy (non-hydrogen) atoms. The van der Waals surface area contributed by atoms with Crippen molar-refractivity contribution in [3.05, 3.63) is 75.3 Å². The second kappa shape index (κ2) is 10.1. The Balaban J connectivity index is 1.70. The third-order valence-corrected chi connectivity index (χ3v) is 6.60. The van der Waals surface area contributed by atoms with Crippen LogP contribution in [0.1, 0.15) is 34.7 Å². The quantitative estimate of drug-likeness (QED) is 0.392. The van der Waals surface area contributed by atoms with Crippen LogP contribution in [0.15, 0.2) is 48.0 Å². The van der Waals surface area contributed by atoms with E-state index in [2.05, 4.69) is 4.90 Å². The molecule has 2 aliphatic heterocycles. The van der Waals surface area contributed by atoms with Crippen molar-refractivity contribution >= 4 is 29.1 Å². The molecule has 2 aliphatic rings. The van der Waals surface area contributed by atoms with Gasteiger partial charge in [0.15, 0.2) is 0 Å². The van der Waals surface area contributed by atoms with Crippen LogP contribution in [-0.2, 0) is 14.3 Å². The Kier molecular flexibility index (Phi) is 7.17. The number of rotatable bonds is 6. The molecule has 4 rings (SSSR count). The molecule has 2 aromatic rings. The Morgan fingerprint density at radius 3 is 2.45 bits per heavy atom. The molecule has 0 aliphatic carbocycles. The van der Waals surface area contributed by atoms with E-state index in [1.54, 1.807) is 17.0 Å². The number of benzene rings is 2. The highest BCUT2D eigenvalue weighted by Gasteiger charge is 2.45. The highest BCUT2D eigenvalue weighted by molar-refractivity contribution is 6.46. The summed E-state index contributed by atoms with van der Waals surface area (Å²) in [7, 11) is 0. The number of carbonyl (C=O) groups excluding carboxylic acids is 2. The molecule has 1 amide bonds. The van der Waals surface area contributed by atoms with Crippen molar-refractivity contribution in [2.75, 3.05) is 39.4 Å². The summed E-state index contributed by atoms with van der Waals surface area (Å²) in [6.45, 7) is 8.20. The number of likely N-dealkylation sites (tertiary alicyclic amines) is 1. The summed E-state index contributed by atoms with van der Waals surface area (Å²) in [4.78, 5) is 30.2. The number of nitrogens with zero attached hydrogens (tertiary/aromatic N) is 2. The Morgan fingerprint density at radius 1 is 1.06 bits per heavy atom. The summed E-state index contributed by atoms with van der Waals surface area (Å²) < 4.78 is 5.40. The minimum Gasteiger partial charge on any atom is -0.507 e. The summed E-state index contributed by atoms with van der Waals surface area (Å²) in [5, 5.41) is 11.8. The molecular weight excluding hydrogens is 440 g/mol. The Bertz CT molecular complexity index is 1070. The molecule has 1 N–H and O–H groups in total. The maximum Gasteiger partial charge on any atom is 0.295 e. The first kappa shape index (κ1) is 23.5. The van der Waals surface area contributed by atoms with Crippen molar-refractivity contribution in [3.8, 4) is 0 Å². The van der Waals surface area contributed by atoms with Crippen LogP contribution < -0.4 is 0 Å². The molecular formula is C26H29ClN2O4. The topological polar surface area (TPSA) is 70.1 Å². The van der Waals surface area contributed by atoms with Gasteiger partial charge in [-0.05, 0) is 49.6 Å². The van der Waals surface area contributed by atoms with Gasteiger partial charge in [0.25, 0.3) is 11.7 Å². The van der Waals surface area contributed by atoms with Crippen molar-refractivity contribution in [1.82, 2.24) is 9.80 Å². The number of aliphatic hydroxyl groups is 1. The van der Waals surface area contributed by atoms with E-state index < -0.39 is 17.7 Å². The number of amides is 1. The SMILES string of the molecule is Cc1ccc(C)c(/C(O)=C2\C(=O)C(=O)N(CCCN3CCOCC3)C2c2ccc(Cl)cc2)c1. The molecule has 2 saturated heterocycles. The van der Waals surface area contributed by atoms with Crippen molar-refractivity contribution < 1.29 is 19.4 Å². The largest absolute Gasteiger partial charge is 0.507 e. The van der Waals surface area contributed by atoms with Gasteiger partial charge in [-0.1, -0.05) is 41.4 Å². The number of Topliss-reactive ketones (excluding diaryl/α,β-unsaturated/α-hetero) is 1. The van der Waals surface area contributed by atoms with E-state index >= 15 is 0 Å². The van der Waals surface area contributed by atoms with Gasteiger partial charge in [0.2, 0.25) is 0 Å². The normalized spacial score (nSPS) is 21.1. The monoisotopic (exact) mass is 468 g/mol. The van der Waals surface area contributed by atoms with Crippen LogP contribution >= 0.6 is 11.6 Å². The van der Waals surface area contributed by atoms with Crippen molar-refractivity contribution in [2.24, 2.45) is 0 Å². The Hall–Kier alpha value is -2.67. The minimum absolute atomic E-state index is 0.127. The van der Waals surface area contributed by atoms with E-state index in [4.69, 9.17) is 16.3 Å². The van der Waals surface area contributed by atoms with Crippen LogP contribution in [-0.4, -0.2) is 66.0 Å². The van der Waals surface area contributed by atoms with E-state index in [1.165, 1.54) is 0 Å². The number of carbonyl (C=O) groups is 2. The molecule has 0 saturated carbocycles. The molecule has 7 heteroatoms. The predicted molar refractivity (Wildman–Crippen MR) is 128 cm³/mol. The van der Waals surface area contributed by atoms with Gasteiger partial charge in [-0.2, -0.15) is 0 Å². The lowest BCUT2D eigenvalue weighted by Gasteiger charge is -2.29. The molecule has 174 valence electrons. The van der Waals surface area contributed by atoms with Crippen LogP contribution in [0.3, 0.4) is 0 Å². The van der Waals surface area contributed by atoms with Gasteiger partial charge in [-0.25, -0.2) is 0 Å². The average molecular weight is 469 g/mol. The molecule has 2 aromatic carbocycles. The number of morpholine rings is 1. The Morgan fingerprint density at radius 2 is 1.76 bits per heavy atom. The maximum atomic E-state index is 13.2. The van der Waals surface area contributed by atoms with Gasteiger partial charge in [-0.3, -0.25) is 14.5 Å². The zero-order valence-electron chi connectivity index (χ0n) is 19.0. The van der Waals surface area contributed by atoms with Crippen LogP contribution in [0.25, 0.3) is 5.76 Å². The average Bonchev–Trinajstić information content (AvgIpc) is 3.06. The smallest absolute Gasteiger partial charge is 0.295 e. The van der Waals surface area contributed by atoms with Gasteiger partial charge >= 0.3 is 0 Å². The summed E-state index contributed by atoms with van der Waals surface area (Å²) >= 11 is 6.09. The van der Waals surface area contributed by atoms with Crippen LogP contribution in [0, 0.1) is 13.8 Å². The highest BCUT2D eigenvalue weighted by atomic mass is 35.5. The van der Waals surface area contributed by atoms with Crippen molar-refractivity contribution in [1.29, 1.82) is 0 Å². The fourth-order valence-corrected chi connectivity index (χ4v) is 4.65. The number of aliphatic hydroxyl groups excluding tert-OH is 1. The van der Waals surface area contributed by atoms with Crippen LogP contribution in [0.4, 0.5) is 0 Å². The number of halogens is 1. The number of ether oxygens (including phenoxy) is 1. The molecule has 0 aromatic heterocycles. The second-order valence-corrected chi connectivity index (χ2v) is 9.11. The van der Waals surface area contributed by atoms with Gasteiger partial charge in [0.1, 0.15) is 5.76 Å². The van der Waals surface area contributed by atoms with E-state index in [-0.39, 0.29) is 11.3 Å². The first-order valence-electron chi connectivity index (χ1n) is 11.3. The summed E-state index contributed by atoms with van der Waals surface area (Å²) in [5.41, 5.74) is 3.25. The zero-order valence-corrected chi connectivity index (χ0v) is 19.8. The minimum atomic E-state index is -0.660. The summed E-state index contributed by atoms with van der Waals surface area (Å²) in [6, 6.07) is 12.1. The first-order chi connectivity index (χ1) is 15.9. The second-order valence-electron chi connectivity index (χ2n) is 8.67. The van der Waals surface area contributed by atoms with Crippen molar-refractivity contribution in [2.45, 2.75) is 26.3 Å². The molecule has 6 nitrogen and oxygen atoms in total. The zero-order chi connectivity index (χ0) is 23.5. The number of aryl methyl sites for hydroxylation is 2. The fourth-order valence-electron chi connectivity index (χ4n) is 4.53. The molecule has 0 radical (unpaired) electrons. The summed E-state index contributed by atoms with van der Waals surface area (Å²) in [5.74, 6) is -1.37. The summed E-state index contributed by atoms with van der Waals surface area (Å²) in [6.07, 6.45) is 0.723. The Labute approximate surface area is 199 Å². The van der Waals surface area contributed by atoms with Gasteiger partial charge in [0.05, 0.1) is 24.8 Å². The fraction of sp³-hybridized carbons (Fsp3) is 0.385. The standard InChI is InChI=1S/C26H29ClN2O4/c1-17-4-5-18(2)21(16-17)24(30)22-23(19-6-8-20(27)9-7-19)29(26(32)25(22)31)11-3-10-28-12-14-33-15-13-28/h4-9,16,23,30H,3,10-15H2,1-2H3/b24-22+. The lowest BCUT2D eigenvalue weighted by atomic mass is 9.93. The van der Waals surface area contributed by atoms with E-state index in [0.29, 0.717) is 30.3 Å². The molecule has 2 fully saturated rings. The molecule has 1 unspecified atom stereocenters. The molecule has 1 atom stereocenters. The third kappa shape index (κ3) is 4.98. The van der Waals surface area contributed by atoms with Gasteiger partial charge in [-0.15, -0.1) is 0 Å². The number of hydrogen-bond acceptors (Lipinski definition) is 5. The molecule has 0 spiro atoms. The highest BCUT2D eigenvalue weighted by Crippen LogP contribution is 2.40. The lowest BCUT2D eigenvalue weighted by molar-refractivity contribution is -0.140. The predicted octanol–water partition coefficient (Wildman–Crippen LogP) is 4.10. The molecule has 0 bridgehead atoms. The number of hydrogen-bond donors (Lipinski definition) is 1. The van der Waals surface area contributed by atoms with Gasteiger partial charge in [0, 0.05) is 36.8 Å². The van der Waals surface area contributed by atoms with Crippen LogP contribution in [0.5, 0.6) is 0 Å². The van der Waals surface area contributed by atoms with E-state index in [0.717, 1.165) is 42.7 Å². The maximum absolute atomic E-state index is 13.2. The third-order valence-electron chi connectivity index (χ3n) is 6.35. The van der Waals surface area contributed by atoms with E-state index in [9.17, 15) is 14.7 Å². The van der Waals surface area contributed by atoms with Crippen LogP contribution in [0.2, 0.25) is 5.02 Å². The first-order valence-corrected chi connectivity index (χ1v) is 11.7. The molecule has 2 heterocycles. The lowest BCUT2D eigenvalue weighted by Crippen LogP contribution is -2.38. The number of ketones is 1. The van der Waals surface area contributed by atoms with Crippen molar-refractivity contribution in [3.63, 3.8) is 0 Å². The van der Waals surface area contributed by atoms with Gasteiger partial charge < -0.3 is 14.7 Å².